The van der Waals surface area contributed by atoms with Crippen molar-refractivity contribution in [2.75, 3.05) is 26.3 Å². The number of nitrogens with zero attached hydrogens (tertiary/aromatic N) is 1. The molecule has 1 heterocycles. The lowest BCUT2D eigenvalue weighted by molar-refractivity contribution is -0.0612. The highest BCUT2D eigenvalue weighted by atomic mass is 35.5. The molecule has 106 valence electrons. The quantitative estimate of drug-likeness (QED) is 0.921. The van der Waals surface area contributed by atoms with Gasteiger partial charge in [-0.1, -0.05) is 23.7 Å². The van der Waals surface area contributed by atoms with Gasteiger partial charge in [0.15, 0.2) is 0 Å². The Labute approximate surface area is 120 Å². The van der Waals surface area contributed by atoms with E-state index in [-0.39, 0.29) is 5.54 Å². The first-order valence-electron chi connectivity index (χ1n) is 6.75. The van der Waals surface area contributed by atoms with Gasteiger partial charge in [0.1, 0.15) is 0 Å². The van der Waals surface area contributed by atoms with Gasteiger partial charge in [0.05, 0.1) is 19.3 Å². The molecule has 4 heteroatoms. The van der Waals surface area contributed by atoms with E-state index in [1.165, 1.54) is 0 Å². The van der Waals surface area contributed by atoms with Gasteiger partial charge in [-0.3, -0.25) is 4.90 Å². The minimum atomic E-state index is -0.427. The normalized spacial score (nSPS) is 19.4. The summed E-state index contributed by atoms with van der Waals surface area (Å²) in [5, 5.41) is 11.3. The van der Waals surface area contributed by atoms with Gasteiger partial charge in [-0.2, -0.15) is 0 Å². The Hall–Kier alpha value is -0.610. The molecule has 1 unspecified atom stereocenters. The van der Waals surface area contributed by atoms with Crippen LogP contribution in [0.1, 0.15) is 19.4 Å². The molecule has 0 bridgehead atoms. The van der Waals surface area contributed by atoms with Gasteiger partial charge in [-0.15, -0.1) is 0 Å². The smallest absolute Gasteiger partial charge is 0.0758 e. The molecule has 0 amide bonds. The van der Waals surface area contributed by atoms with Crippen molar-refractivity contribution in [2.24, 2.45) is 0 Å². The second-order valence-electron chi connectivity index (χ2n) is 5.60. The highest BCUT2D eigenvalue weighted by Gasteiger charge is 2.35. The van der Waals surface area contributed by atoms with Gasteiger partial charge in [0.25, 0.3) is 0 Å². The van der Waals surface area contributed by atoms with Gasteiger partial charge >= 0.3 is 0 Å². The van der Waals surface area contributed by atoms with Crippen molar-refractivity contribution in [3.63, 3.8) is 0 Å². The lowest BCUT2D eigenvalue weighted by Crippen LogP contribution is -2.56. The third-order valence-electron chi connectivity index (χ3n) is 3.96. The molecule has 1 aromatic carbocycles. The highest BCUT2D eigenvalue weighted by Crippen LogP contribution is 2.24. The fourth-order valence-corrected chi connectivity index (χ4v) is 2.70. The molecule has 0 aliphatic carbocycles. The maximum absolute atomic E-state index is 10.5. The van der Waals surface area contributed by atoms with E-state index in [4.69, 9.17) is 16.3 Å². The number of ether oxygens (including phenoxy) is 1. The van der Waals surface area contributed by atoms with Crippen LogP contribution in [0.25, 0.3) is 0 Å². The highest BCUT2D eigenvalue weighted by molar-refractivity contribution is 6.30. The van der Waals surface area contributed by atoms with E-state index >= 15 is 0 Å². The van der Waals surface area contributed by atoms with E-state index < -0.39 is 6.10 Å². The van der Waals surface area contributed by atoms with Crippen LogP contribution in [-0.2, 0) is 11.2 Å². The number of aliphatic hydroxyl groups is 1. The zero-order valence-corrected chi connectivity index (χ0v) is 12.4. The van der Waals surface area contributed by atoms with Crippen LogP contribution in [0.2, 0.25) is 5.02 Å². The second kappa shape index (κ2) is 6.23. The van der Waals surface area contributed by atoms with Gasteiger partial charge in [0, 0.05) is 30.1 Å². The average Bonchev–Trinajstić information content (AvgIpc) is 2.39. The number of benzene rings is 1. The van der Waals surface area contributed by atoms with Crippen molar-refractivity contribution in [2.45, 2.75) is 31.9 Å². The molecule has 1 aromatic rings. The van der Waals surface area contributed by atoms with Crippen molar-refractivity contribution in [1.82, 2.24) is 4.90 Å². The van der Waals surface area contributed by atoms with E-state index in [1.54, 1.807) is 0 Å². The van der Waals surface area contributed by atoms with Crippen LogP contribution in [0.4, 0.5) is 0 Å². The minimum absolute atomic E-state index is 0.258. The Kier molecular flexibility index (Phi) is 4.85. The minimum Gasteiger partial charge on any atom is -0.391 e. The molecule has 3 nitrogen and oxygen atoms in total. The van der Waals surface area contributed by atoms with Crippen LogP contribution in [0, 0.1) is 0 Å². The van der Waals surface area contributed by atoms with Gasteiger partial charge in [0.2, 0.25) is 0 Å². The van der Waals surface area contributed by atoms with Gasteiger partial charge in [-0.25, -0.2) is 0 Å². The predicted octanol–water partition coefficient (Wildman–Crippen LogP) is 2.35. The lowest BCUT2D eigenvalue weighted by Gasteiger charge is -2.43. The molecule has 0 spiro atoms. The average molecular weight is 284 g/mol. The first kappa shape index (κ1) is 14.8. The summed E-state index contributed by atoms with van der Waals surface area (Å²) in [5.41, 5.74) is 0.813. The lowest BCUT2D eigenvalue weighted by atomic mass is 9.89. The van der Waals surface area contributed by atoms with E-state index in [9.17, 15) is 5.11 Å². The summed E-state index contributed by atoms with van der Waals surface area (Å²) in [6.45, 7) is 7.42. The monoisotopic (exact) mass is 283 g/mol. The molecule has 2 rings (SSSR count). The fraction of sp³-hybridized carbons (Fsp3) is 0.600. The summed E-state index contributed by atoms with van der Waals surface area (Å²) in [6.07, 6.45) is 0.189. The number of aliphatic hydroxyl groups excluding tert-OH is 1. The van der Waals surface area contributed by atoms with Crippen LogP contribution >= 0.6 is 11.6 Å². The van der Waals surface area contributed by atoms with Crippen LogP contribution in [-0.4, -0.2) is 48.0 Å². The van der Waals surface area contributed by atoms with Crippen molar-refractivity contribution in [3.05, 3.63) is 34.9 Å². The summed E-state index contributed by atoms with van der Waals surface area (Å²) < 4.78 is 5.37. The summed E-state index contributed by atoms with van der Waals surface area (Å²) in [5.74, 6) is 0. The molecular formula is C15H22ClNO2. The Morgan fingerprint density at radius 3 is 2.68 bits per heavy atom. The third kappa shape index (κ3) is 3.69. The molecule has 0 aromatic heterocycles. The zero-order valence-electron chi connectivity index (χ0n) is 11.6. The molecule has 1 atom stereocenters. The third-order valence-corrected chi connectivity index (χ3v) is 4.19. The molecule has 0 saturated carbocycles. The molecule has 19 heavy (non-hydrogen) atoms. The zero-order chi connectivity index (χ0) is 13.9. The number of halogens is 1. The van der Waals surface area contributed by atoms with E-state index in [2.05, 4.69) is 18.7 Å². The molecule has 1 aliphatic heterocycles. The summed E-state index contributed by atoms with van der Waals surface area (Å²) in [4.78, 5) is 2.30. The molecule has 1 N–H and O–H groups in total. The number of hydrogen-bond acceptors (Lipinski definition) is 3. The molecule has 1 fully saturated rings. The Morgan fingerprint density at radius 2 is 2.05 bits per heavy atom. The fourth-order valence-electron chi connectivity index (χ4n) is 2.49. The molecule has 1 aliphatic rings. The van der Waals surface area contributed by atoms with Crippen molar-refractivity contribution >= 4 is 11.6 Å². The number of morpholine rings is 1. The standard InChI is InChI=1S/C15H22ClNO2/c1-15(2,17-6-8-19-9-7-17)14(18)11-12-4-3-5-13(16)10-12/h3-5,10,14,18H,6-9,11H2,1-2H3. The second-order valence-corrected chi connectivity index (χ2v) is 6.04. The first-order valence-corrected chi connectivity index (χ1v) is 7.13. The summed E-state index contributed by atoms with van der Waals surface area (Å²) in [6, 6.07) is 7.70. The Bertz CT molecular complexity index is 416. The van der Waals surface area contributed by atoms with E-state index in [0.717, 1.165) is 31.9 Å². The largest absolute Gasteiger partial charge is 0.391 e. The Balaban J connectivity index is 2.03. The van der Waals surface area contributed by atoms with Crippen LogP contribution in [0.3, 0.4) is 0 Å². The predicted molar refractivity (Wildman–Crippen MR) is 77.6 cm³/mol. The van der Waals surface area contributed by atoms with Crippen LogP contribution < -0.4 is 0 Å². The molecule has 0 radical (unpaired) electrons. The number of rotatable bonds is 4. The van der Waals surface area contributed by atoms with Crippen molar-refractivity contribution < 1.29 is 9.84 Å². The van der Waals surface area contributed by atoms with E-state index in [1.807, 2.05) is 24.3 Å². The van der Waals surface area contributed by atoms with Crippen LogP contribution in [0.5, 0.6) is 0 Å². The molecular weight excluding hydrogens is 262 g/mol. The maximum Gasteiger partial charge on any atom is 0.0758 e. The molecule has 1 saturated heterocycles. The Morgan fingerprint density at radius 1 is 1.37 bits per heavy atom. The van der Waals surface area contributed by atoms with Gasteiger partial charge < -0.3 is 9.84 Å². The first-order chi connectivity index (χ1) is 9.00. The van der Waals surface area contributed by atoms with Crippen molar-refractivity contribution in [3.8, 4) is 0 Å². The van der Waals surface area contributed by atoms with Gasteiger partial charge in [-0.05, 0) is 31.5 Å². The van der Waals surface area contributed by atoms with Crippen LogP contribution in [0.15, 0.2) is 24.3 Å². The SMILES string of the molecule is CC(C)(C(O)Cc1cccc(Cl)c1)N1CCOCC1. The summed E-state index contributed by atoms with van der Waals surface area (Å²) in [7, 11) is 0. The topological polar surface area (TPSA) is 32.7 Å². The number of hydrogen-bond donors (Lipinski definition) is 1. The van der Waals surface area contributed by atoms with Crippen molar-refractivity contribution in [1.29, 1.82) is 0 Å². The summed E-state index contributed by atoms with van der Waals surface area (Å²) >= 11 is 5.98. The maximum atomic E-state index is 10.5. The van der Waals surface area contributed by atoms with E-state index in [0.29, 0.717) is 11.4 Å².